The summed E-state index contributed by atoms with van der Waals surface area (Å²) in [5, 5.41) is 17.8. The SMILES string of the molecule is COCCN(CCO)Cc1ccc(F)c(C#CCCO)c1. The quantitative estimate of drug-likeness (QED) is 0.703. The summed E-state index contributed by atoms with van der Waals surface area (Å²) in [6, 6.07) is 4.81. The molecule has 0 spiro atoms. The number of nitrogens with zero attached hydrogens (tertiary/aromatic N) is 1. The fourth-order valence-electron chi connectivity index (χ4n) is 1.87. The molecule has 21 heavy (non-hydrogen) atoms. The van der Waals surface area contributed by atoms with Crippen LogP contribution >= 0.6 is 0 Å². The first kappa shape index (κ1) is 17.6. The number of halogens is 1. The molecule has 1 rings (SSSR count). The Morgan fingerprint density at radius 1 is 1.24 bits per heavy atom. The number of aliphatic hydroxyl groups is 2. The Balaban J connectivity index is 2.77. The molecule has 0 aliphatic heterocycles. The van der Waals surface area contributed by atoms with Crippen molar-refractivity contribution in [2.24, 2.45) is 0 Å². The number of hydrogen-bond donors (Lipinski definition) is 2. The van der Waals surface area contributed by atoms with Crippen molar-refractivity contribution in [1.29, 1.82) is 0 Å². The molecule has 0 radical (unpaired) electrons. The number of hydrogen-bond acceptors (Lipinski definition) is 4. The maximum Gasteiger partial charge on any atom is 0.138 e. The van der Waals surface area contributed by atoms with Crippen molar-refractivity contribution in [3.8, 4) is 11.8 Å². The van der Waals surface area contributed by atoms with Crippen LogP contribution in [0.3, 0.4) is 0 Å². The van der Waals surface area contributed by atoms with Crippen molar-refractivity contribution in [2.75, 3.05) is 40.0 Å². The summed E-state index contributed by atoms with van der Waals surface area (Å²) in [5.74, 6) is 5.08. The van der Waals surface area contributed by atoms with Crippen molar-refractivity contribution < 1.29 is 19.3 Å². The molecule has 5 heteroatoms. The fraction of sp³-hybridized carbons (Fsp3) is 0.500. The lowest BCUT2D eigenvalue weighted by Crippen LogP contribution is -2.29. The molecule has 0 aliphatic rings. The summed E-state index contributed by atoms with van der Waals surface area (Å²) in [6.45, 7) is 2.43. The smallest absolute Gasteiger partial charge is 0.138 e. The van der Waals surface area contributed by atoms with E-state index in [0.29, 0.717) is 38.2 Å². The second kappa shape index (κ2) is 10.3. The van der Waals surface area contributed by atoms with E-state index in [1.807, 2.05) is 4.90 Å². The van der Waals surface area contributed by atoms with Crippen molar-refractivity contribution in [3.63, 3.8) is 0 Å². The molecule has 2 N–H and O–H groups in total. The number of aliphatic hydroxyl groups excluding tert-OH is 2. The van der Waals surface area contributed by atoms with Crippen LogP contribution in [0.4, 0.5) is 4.39 Å². The first-order chi connectivity index (χ1) is 10.2. The fourth-order valence-corrected chi connectivity index (χ4v) is 1.87. The molecule has 0 atom stereocenters. The summed E-state index contributed by atoms with van der Waals surface area (Å²) in [7, 11) is 1.63. The van der Waals surface area contributed by atoms with Gasteiger partial charge in [-0.05, 0) is 17.7 Å². The summed E-state index contributed by atoms with van der Waals surface area (Å²) in [4.78, 5) is 2.03. The standard InChI is InChI=1S/C16H22FNO3/c1-21-11-8-18(7-10-20)13-14-5-6-16(17)15(12-14)4-2-3-9-19/h5-6,12,19-20H,3,7-11,13H2,1H3. The number of methoxy groups -OCH3 is 1. The van der Waals surface area contributed by atoms with Gasteiger partial charge in [-0.25, -0.2) is 4.39 Å². The predicted molar refractivity (Wildman–Crippen MR) is 79.2 cm³/mol. The second-order valence-electron chi connectivity index (χ2n) is 4.58. The molecule has 0 saturated heterocycles. The van der Waals surface area contributed by atoms with Crippen molar-refractivity contribution in [2.45, 2.75) is 13.0 Å². The third kappa shape index (κ3) is 6.69. The van der Waals surface area contributed by atoms with Gasteiger partial charge in [0.25, 0.3) is 0 Å². The van der Waals surface area contributed by atoms with E-state index in [2.05, 4.69) is 11.8 Å². The van der Waals surface area contributed by atoms with Crippen LogP contribution in [0.1, 0.15) is 17.5 Å². The maximum atomic E-state index is 13.6. The Morgan fingerprint density at radius 2 is 2.05 bits per heavy atom. The molecule has 1 aromatic rings. The molecule has 0 fully saturated rings. The van der Waals surface area contributed by atoms with Crippen LogP contribution < -0.4 is 0 Å². The van der Waals surface area contributed by atoms with Gasteiger partial charge in [0.2, 0.25) is 0 Å². The highest BCUT2D eigenvalue weighted by Crippen LogP contribution is 2.12. The monoisotopic (exact) mass is 295 g/mol. The van der Waals surface area contributed by atoms with Crippen molar-refractivity contribution in [1.82, 2.24) is 4.90 Å². The Kier molecular flexibility index (Phi) is 8.63. The molecule has 4 nitrogen and oxygen atoms in total. The molecule has 0 amide bonds. The van der Waals surface area contributed by atoms with Gasteiger partial charge in [0.05, 0.1) is 25.4 Å². The zero-order chi connectivity index (χ0) is 15.5. The van der Waals surface area contributed by atoms with Crippen molar-refractivity contribution >= 4 is 0 Å². The molecular weight excluding hydrogens is 273 g/mol. The van der Waals surface area contributed by atoms with E-state index in [-0.39, 0.29) is 19.0 Å². The Hall–Kier alpha value is -1.45. The number of rotatable bonds is 8. The average molecular weight is 295 g/mol. The van der Waals surface area contributed by atoms with Gasteiger partial charge in [-0.3, -0.25) is 4.90 Å². The lowest BCUT2D eigenvalue weighted by atomic mass is 10.1. The molecule has 0 unspecified atom stereocenters. The average Bonchev–Trinajstić information content (AvgIpc) is 2.48. The molecular formula is C16H22FNO3. The molecule has 0 aliphatic carbocycles. The summed E-state index contributed by atoms with van der Waals surface area (Å²) >= 11 is 0. The number of benzene rings is 1. The Bertz CT molecular complexity index is 482. The summed E-state index contributed by atoms with van der Waals surface area (Å²) in [6.07, 6.45) is 0.328. The van der Waals surface area contributed by atoms with Crippen LogP contribution in [-0.4, -0.2) is 55.1 Å². The van der Waals surface area contributed by atoms with Crippen LogP contribution in [0.5, 0.6) is 0 Å². The van der Waals surface area contributed by atoms with E-state index >= 15 is 0 Å². The Morgan fingerprint density at radius 3 is 2.71 bits per heavy atom. The first-order valence-electron chi connectivity index (χ1n) is 6.91. The zero-order valence-electron chi connectivity index (χ0n) is 12.3. The minimum Gasteiger partial charge on any atom is -0.395 e. The van der Waals surface area contributed by atoms with Gasteiger partial charge < -0.3 is 14.9 Å². The van der Waals surface area contributed by atoms with Crippen LogP contribution in [-0.2, 0) is 11.3 Å². The van der Waals surface area contributed by atoms with Gasteiger partial charge in [0.1, 0.15) is 5.82 Å². The molecule has 0 saturated carbocycles. The van der Waals surface area contributed by atoms with Gasteiger partial charge in [0, 0.05) is 33.2 Å². The van der Waals surface area contributed by atoms with Gasteiger partial charge in [-0.1, -0.05) is 17.9 Å². The van der Waals surface area contributed by atoms with E-state index in [4.69, 9.17) is 14.9 Å². The summed E-state index contributed by atoms with van der Waals surface area (Å²) < 4.78 is 18.7. The Labute approximate surface area is 125 Å². The van der Waals surface area contributed by atoms with E-state index in [1.54, 1.807) is 19.2 Å². The van der Waals surface area contributed by atoms with Gasteiger partial charge >= 0.3 is 0 Å². The third-order valence-electron chi connectivity index (χ3n) is 2.92. The number of ether oxygens (including phenoxy) is 1. The molecule has 0 heterocycles. The maximum absolute atomic E-state index is 13.6. The van der Waals surface area contributed by atoms with E-state index in [0.717, 1.165) is 5.56 Å². The molecule has 116 valence electrons. The van der Waals surface area contributed by atoms with E-state index in [1.165, 1.54) is 6.07 Å². The normalized spacial score (nSPS) is 10.5. The van der Waals surface area contributed by atoms with Crippen LogP contribution in [0, 0.1) is 17.7 Å². The van der Waals surface area contributed by atoms with Gasteiger partial charge in [-0.2, -0.15) is 0 Å². The zero-order valence-corrected chi connectivity index (χ0v) is 12.3. The molecule has 0 aromatic heterocycles. The topological polar surface area (TPSA) is 52.9 Å². The van der Waals surface area contributed by atoms with Crippen LogP contribution in [0.2, 0.25) is 0 Å². The highest BCUT2D eigenvalue weighted by molar-refractivity contribution is 5.38. The van der Waals surface area contributed by atoms with Gasteiger partial charge in [0.15, 0.2) is 0 Å². The lowest BCUT2D eigenvalue weighted by Gasteiger charge is -2.21. The molecule has 0 bridgehead atoms. The van der Waals surface area contributed by atoms with E-state index in [9.17, 15) is 4.39 Å². The largest absolute Gasteiger partial charge is 0.395 e. The first-order valence-corrected chi connectivity index (χ1v) is 6.91. The second-order valence-corrected chi connectivity index (χ2v) is 4.58. The third-order valence-corrected chi connectivity index (χ3v) is 2.92. The minimum atomic E-state index is -0.366. The van der Waals surface area contributed by atoms with Crippen LogP contribution in [0.15, 0.2) is 18.2 Å². The molecule has 1 aromatic carbocycles. The van der Waals surface area contributed by atoms with E-state index < -0.39 is 0 Å². The van der Waals surface area contributed by atoms with Crippen molar-refractivity contribution in [3.05, 3.63) is 35.1 Å². The highest BCUT2D eigenvalue weighted by atomic mass is 19.1. The van der Waals surface area contributed by atoms with Gasteiger partial charge in [-0.15, -0.1) is 0 Å². The lowest BCUT2D eigenvalue weighted by molar-refractivity contribution is 0.127. The predicted octanol–water partition coefficient (Wildman–Crippen LogP) is 1.00. The summed E-state index contributed by atoms with van der Waals surface area (Å²) in [5.41, 5.74) is 1.26. The van der Waals surface area contributed by atoms with Crippen LogP contribution in [0.25, 0.3) is 0 Å². The highest BCUT2D eigenvalue weighted by Gasteiger charge is 2.07. The minimum absolute atomic E-state index is 0.0321.